The monoisotopic (exact) mass is 786 g/mol. The second-order valence-corrected chi connectivity index (χ2v) is 17.4. The highest BCUT2D eigenvalue weighted by atomic mass is 32.1. The Balaban J connectivity index is 0.984. The molecule has 8 aromatic carbocycles. The number of hydrogen-bond acceptors (Lipinski definition) is 5. The third-order valence-corrected chi connectivity index (χ3v) is 13.9. The second kappa shape index (κ2) is 12.3. The Bertz CT molecular complexity index is 3760. The van der Waals surface area contributed by atoms with Gasteiger partial charge in [-0.2, -0.15) is 0 Å². The van der Waals surface area contributed by atoms with Crippen LogP contribution in [0.25, 0.3) is 115 Å². The number of para-hydroxylation sites is 2. The van der Waals surface area contributed by atoms with Gasteiger partial charge in [-0.05, 0) is 95.1 Å². The van der Waals surface area contributed by atoms with Gasteiger partial charge < -0.3 is 8.98 Å². The van der Waals surface area contributed by atoms with Crippen LogP contribution in [-0.4, -0.2) is 19.5 Å². The molecular weight excluding hydrogens is 753 g/mol. The number of nitrogens with zero attached hydrogens (tertiary/aromatic N) is 4. The first-order valence-corrected chi connectivity index (χ1v) is 21.2. The van der Waals surface area contributed by atoms with Gasteiger partial charge in [0.05, 0.1) is 11.0 Å². The Kier molecular flexibility index (Phi) is 6.88. The van der Waals surface area contributed by atoms with E-state index in [0.717, 1.165) is 49.0 Å². The van der Waals surface area contributed by atoms with Crippen molar-refractivity contribution in [2.45, 2.75) is 19.3 Å². The van der Waals surface area contributed by atoms with Crippen LogP contribution < -0.4 is 0 Å². The molecule has 0 bridgehead atoms. The molecule has 0 saturated heterocycles. The normalized spacial score (nSPS) is 13.3. The summed E-state index contributed by atoms with van der Waals surface area (Å²) in [5.74, 6) is 1.85. The van der Waals surface area contributed by atoms with Crippen molar-refractivity contribution in [3.63, 3.8) is 0 Å². The minimum atomic E-state index is -0.103. The molecule has 282 valence electrons. The number of hydrogen-bond donors (Lipinski definition) is 0. The lowest BCUT2D eigenvalue weighted by molar-refractivity contribution is 0.661. The Morgan fingerprint density at radius 3 is 2.00 bits per heavy atom. The van der Waals surface area contributed by atoms with E-state index in [1.54, 1.807) is 11.3 Å². The summed E-state index contributed by atoms with van der Waals surface area (Å²) in [4.78, 5) is 15.6. The molecule has 0 spiro atoms. The molecule has 0 amide bonds. The molecule has 6 heteroatoms. The second-order valence-electron chi connectivity index (χ2n) is 16.4. The molecule has 4 aromatic heterocycles. The summed E-state index contributed by atoms with van der Waals surface area (Å²) >= 11 is 1.78. The van der Waals surface area contributed by atoms with Crippen molar-refractivity contribution in [1.82, 2.24) is 19.5 Å². The summed E-state index contributed by atoms with van der Waals surface area (Å²) in [6, 6.07) is 60.6. The van der Waals surface area contributed by atoms with Crippen molar-refractivity contribution in [2.75, 3.05) is 0 Å². The van der Waals surface area contributed by atoms with E-state index >= 15 is 0 Å². The highest BCUT2D eigenvalue weighted by Gasteiger charge is 2.36. The summed E-state index contributed by atoms with van der Waals surface area (Å²) in [5.41, 5.74) is 13.2. The lowest BCUT2D eigenvalue weighted by atomic mass is 9.82. The maximum absolute atomic E-state index is 6.33. The Morgan fingerprint density at radius 1 is 0.450 bits per heavy atom. The van der Waals surface area contributed by atoms with Crippen molar-refractivity contribution in [1.29, 1.82) is 0 Å². The SMILES string of the molecule is CC1(C)c2ccccc2-c2cc3c4ccccc4n(-c4ccc(-c5nc(-c6ccc7c(c6)oc6ccccc67)nc(-c6cccc7c6sc6ccccc67)n5)cc4)c3cc21. The van der Waals surface area contributed by atoms with E-state index in [4.69, 9.17) is 19.4 Å². The fourth-order valence-electron chi connectivity index (χ4n) is 9.74. The number of furan rings is 1. The van der Waals surface area contributed by atoms with Gasteiger partial charge in [-0.1, -0.05) is 111 Å². The molecule has 0 saturated carbocycles. The van der Waals surface area contributed by atoms with Gasteiger partial charge >= 0.3 is 0 Å². The largest absolute Gasteiger partial charge is 0.456 e. The predicted molar refractivity (Wildman–Crippen MR) is 248 cm³/mol. The fraction of sp³-hybridized carbons (Fsp3) is 0.0556. The molecule has 60 heavy (non-hydrogen) atoms. The van der Waals surface area contributed by atoms with Gasteiger partial charge in [0.2, 0.25) is 0 Å². The topological polar surface area (TPSA) is 56.7 Å². The van der Waals surface area contributed by atoms with E-state index in [1.807, 2.05) is 18.2 Å². The first-order valence-electron chi connectivity index (χ1n) is 20.3. The van der Waals surface area contributed by atoms with Crippen molar-refractivity contribution in [3.05, 3.63) is 181 Å². The molecule has 0 aliphatic heterocycles. The molecular formula is C54H34N4OS. The molecule has 12 aromatic rings. The molecule has 0 radical (unpaired) electrons. The fourth-order valence-corrected chi connectivity index (χ4v) is 11.0. The Hall–Kier alpha value is -7.41. The van der Waals surface area contributed by atoms with Gasteiger partial charge in [-0.25, -0.2) is 15.0 Å². The summed E-state index contributed by atoms with van der Waals surface area (Å²) in [7, 11) is 0. The van der Waals surface area contributed by atoms with Crippen molar-refractivity contribution >= 4 is 75.3 Å². The first kappa shape index (κ1) is 33.6. The van der Waals surface area contributed by atoms with Gasteiger partial charge in [0, 0.05) is 69.5 Å². The maximum atomic E-state index is 6.33. The zero-order valence-electron chi connectivity index (χ0n) is 32.8. The smallest absolute Gasteiger partial charge is 0.165 e. The first-order chi connectivity index (χ1) is 29.5. The van der Waals surface area contributed by atoms with Gasteiger partial charge in [-0.15, -0.1) is 11.3 Å². The van der Waals surface area contributed by atoms with Crippen LogP contribution in [0, 0.1) is 0 Å². The van der Waals surface area contributed by atoms with E-state index in [2.05, 4.69) is 170 Å². The van der Waals surface area contributed by atoms with Gasteiger partial charge in [0.1, 0.15) is 11.2 Å². The molecule has 0 unspecified atom stereocenters. The lowest BCUT2D eigenvalue weighted by Crippen LogP contribution is -2.14. The van der Waals surface area contributed by atoms with Crippen LogP contribution in [0.15, 0.2) is 174 Å². The third kappa shape index (κ3) is 4.76. The van der Waals surface area contributed by atoms with Crippen LogP contribution in [0.3, 0.4) is 0 Å². The Labute approximate surface area is 348 Å². The number of rotatable bonds is 4. The van der Waals surface area contributed by atoms with Crippen molar-refractivity contribution in [2.24, 2.45) is 0 Å². The van der Waals surface area contributed by atoms with Crippen LogP contribution in [-0.2, 0) is 5.41 Å². The van der Waals surface area contributed by atoms with Crippen molar-refractivity contribution < 1.29 is 4.42 Å². The highest BCUT2D eigenvalue weighted by Crippen LogP contribution is 2.51. The Morgan fingerprint density at radius 2 is 1.12 bits per heavy atom. The summed E-state index contributed by atoms with van der Waals surface area (Å²) in [6.45, 7) is 4.69. The standard InChI is InChI=1S/C54H34N4OS/c1-54(2)43-18-7-3-12-34(43)41-29-42-35-13-4-8-19-45(35)58(46(42)30-44(41)54)33-25-22-31(23-26-33)51-55-52(32-24-27-37-36-14-5-9-20-47(36)59-48(37)28-32)57-53(56-51)40-17-11-16-39-38-15-6-10-21-49(38)60-50(39)40/h3-30H,1-2H3. The summed E-state index contributed by atoms with van der Waals surface area (Å²) in [6.07, 6.45) is 0. The third-order valence-electron chi connectivity index (χ3n) is 12.7. The van der Waals surface area contributed by atoms with E-state index in [1.165, 1.54) is 59.5 Å². The van der Waals surface area contributed by atoms with Crippen LogP contribution in [0.2, 0.25) is 0 Å². The highest BCUT2D eigenvalue weighted by molar-refractivity contribution is 7.26. The van der Waals surface area contributed by atoms with E-state index in [-0.39, 0.29) is 5.41 Å². The predicted octanol–water partition coefficient (Wildman–Crippen LogP) is 14.5. The number of thiophene rings is 1. The van der Waals surface area contributed by atoms with Crippen molar-refractivity contribution in [3.8, 4) is 51.0 Å². The van der Waals surface area contributed by atoms with E-state index < -0.39 is 0 Å². The molecule has 1 aliphatic carbocycles. The quantitative estimate of drug-likeness (QED) is 0.178. The van der Waals surface area contributed by atoms with Crippen LogP contribution in [0.5, 0.6) is 0 Å². The van der Waals surface area contributed by atoms with Gasteiger partial charge in [-0.3, -0.25) is 0 Å². The summed E-state index contributed by atoms with van der Waals surface area (Å²) in [5, 5.41) is 7.10. The van der Waals surface area contributed by atoms with Crippen LogP contribution >= 0.6 is 11.3 Å². The number of fused-ring (bicyclic) bond motifs is 12. The zero-order chi connectivity index (χ0) is 39.7. The molecule has 0 N–H and O–H groups in total. The molecule has 4 heterocycles. The molecule has 13 rings (SSSR count). The molecule has 1 aliphatic rings. The average molecular weight is 787 g/mol. The van der Waals surface area contributed by atoms with E-state index in [9.17, 15) is 0 Å². The van der Waals surface area contributed by atoms with E-state index in [0.29, 0.717) is 17.5 Å². The molecule has 0 fully saturated rings. The minimum Gasteiger partial charge on any atom is -0.456 e. The molecule has 0 atom stereocenters. The molecule has 5 nitrogen and oxygen atoms in total. The van der Waals surface area contributed by atoms with Crippen LogP contribution in [0.4, 0.5) is 0 Å². The number of benzene rings is 8. The van der Waals surface area contributed by atoms with Crippen LogP contribution in [0.1, 0.15) is 25.0 Å². The van der Waals surface area contributed by atoms with Gasteiger partial charge in [0.25, 0.3) is 0 Å². The number of aromatic nitrogens is 4. The summed E-state index contributed by atoms with van der Waals surface area (Å²) < 4.78 is 11.1. The average Bonchev–Trinajstić information content (AvgIpc) is 4.02. The lowest BCUT2D eigenvalue weighted by Gasteiger charge is -2.21. The maximum Gasteiger partial charge on any atom is 0.165 e. The minimum absolute atomic E-state index is 0.103. The zero-order valence-corrected chi connectivity index (χ0v) is 33.6. The van der Waals surface area contributed by atoms with Gasteiger partial charge in [0.15, 0.2) is 17.5 Å².